The van der Waals surface area contributed by atoms with Gasteiger partial charge in [-0.3, -0.25) is 4.79 Å². The summed E-state index contributed by atoms with van der Waals surface area (Å²) in [5.41, 5.74) is 5.83. The Labute approximate surface area is 56.9 Å². The summed E-state index contributed by atoms with van der Waals surface area (Å²) >= 11 is 3.10. The first-order chi connectivity index (χ1) is 3.66. The molecule has 0 saturated carbocycles. The number of nitrogens with two attached hydrogens (primary N) is 1. The second kappa shape index (κ2) is 3.66. The summed E-state index contributed by atoms with van der Waals surface area (Å²) in [6.07, 6.45) is 1.40. The maximum atomic E-state index is 10.2. The van der Waals surface area contributed by atoms with Crippen LogP contribution in [0.4, 0.5) is 0 Å². The fourth-order valence-corrected chi connectivity index (χ4v) is 0.462. The van der Waals surface area contributed by atoms with Crippen LogP contribution in [0.1, 0.15) is 6.92 Å². The summed E-state index contributed by atoms with van der Waals surface area (Å²) < 4.78 is 0. The molecule has 0 radical (unpaired) electrons. The molecule has 3 heteroatoms. The molecule has 8 heavy (non-hydrogen) atoms. The van der Waals surface area contributed by atoms with Crippen molar-refractivity contribution in [3.8, 4) is 0 Å². The second-order valence-electron chi connectivity index (χ2n) is 1.46. The molecule has 0 fully saturated rings. The third-order valence-corrected chi connectivity index (χ3v) is 1.19. The molecule has 0 aliphatic carbocycles. The Morgan fingerprint density at radius 1 is 1.88 bits per heavy atom. The van der Waals surface area contributed by atoms with Crippen LogP contribution in [0.15, 0.2) is 11.8 Å². The highest BCUT2D eigenvalue weighted by Gasteiger charge is 1.86. The average molecular weight is 178 g/mol. The van der Waals surface area contributed by atoms with Gasteiger partial charge in [-0.15, -0.1) is 0 Å². The maximum Gasteiger partial charge on any atom is 0.154 e. The molecule has 46 valence electrons. The number of alkyl halides is 1. The van der Waals surface area contributed by atoms with Gasteiger partial charge in [-0.1, -0.05) is 15.9 Å². The summed E-state index contributed by atoms with van der Waals surface area (Å²) in [5, 5.41) is 0.562. The van der Waals surface area contributed by atoms with Crippen molar-refractivity contribution in [2.75, 3.05) is 5.33 Å². The van der Waals surface area contributed by atoms with Gasteiger partial charge in [-0.05, 0) is 6.92 Å². The fraction of sp³-hybridized carbons (Fsp3) is 0.400. The van der Waals surface area contributed by atoms with Gasteiger partial charge in [0.15, 0.2) is 5.78 Å². The van der Waals surface area contributed by atoms with Crippen LogP contribution in [0.2, 0.25) is 0 Å². The van der Waals surface area contributed by atoms with Gasteiger partial charge in [0.2, 0.25) is 0 Å². The van der Waals surface area contributed by atoms with Crippen LogP contribution in [0.5, 0.6) is 0 Å². The molecule has 0 aromatic heterocycles. The van der Waals surface area contributed by atoms with Gasteiger partial charge >= 0.3 is 0 Å². The molecule has 0 spiro atoms. The van der Waals surface area contributed by atoms with Crippen LogP contribution in [-0.2, 0) is 4.79 Å². The van der Waals surface area contributed by atoms with E-state index in [0.717, 1.165) is 0 Å². The number of hydrogen-bond donors (Lipinski definition) is 1. The van der Waals surface area contributed by atoms with Gasteiger partial charge in [0, 0.05) is 17.1 Å². The van der Waals surface area contributed by atoms with Crippen molar-refractivity contribution in [3.63, 3.8) is 0 Å². The van der Waals surface area contributed by atoms with Crippen molar-refractivity contribution in [2.24, 2.45) is 5.73 Å². The van der Waals surface area contributed by atoms with E-state index in [1.165, 1.54) is 13.0 Å². The minimum absolute atomic E-state index is 0.0121. The average Bonchev–Trinajstić information content (AvgIpc) is 1.65. The molecular formula is C5H8BrNO. The summed E-state index contributed by atoms with van der Waals surface area (Å²) in [5.74, 6) is -0.0121. The van der Waals surface area contributed by atoms with Gasteiger partial charge < -0.3 is 5.73 Å². The molecule has 0 heterocycles. The van der Waals surface area contributed by atoms with Crippen LogP contribution in [0.3, 0.4) is 0 Å². The maximum absolute atomic E-state index is 10.2. The molecule has 0 unspecified atom stereocenters. The Morgan fingerprint density at radius 2 is 2.38 bits per heavy atom. The predicted molar refractivity (Wildman–Crippen MR) is 36.7 cm³/mol. The minimum Gasteiger partial charge on any atom is -0.401 e. The lowest BCUT2D eigenvalue weighted by Gasteiger charge is -1.88. The number of carbonyl (C=O) groups is 1. The Morgan fingerprint density at radius 3 is 2.50 bits per heavy atom. The van der Waals surface area contributed by atoms with E-state index in [2.05, 4.69) is 15.9 Å². The first kappa shape index (κ1) is 7.69. The van der Waals surface area contributed by atoms with E-state index in [0.29, 0.717) is 11.0 Å². The van der Waals surface area contributed by atoms with Gasteiger partial charge in [0.25, 0.3) is 0 Å². The van der Waals surface area contributed by atoms with Crippen LogP contribution in [0.25, 0.3) is 0 Å². The molecular weight excluding hydrogens is 170 g/mol. The highest BCUT2D eigenvalue weighted by atomic mass is 79.9. The Balaban J connectivity index is 3.75. The zero-order valence-corrected chi connectivity index (χ0v) is 6.23. The molecule has 0 amide bonds. The monoisotopic (exact) mass is 177 g/mol. The number of allylic oxidation sites excluding steroid dienone is 2. The van der Waals surface area contributed by atoms with E-state index in [1.54, 1.807) is 0 Å². The van der Waals surface area contributed by atoms with Crippen molar-refractivity contribution in [3.05, 3.63) is 11.8 Å². The van der Waals surface area contributed by atoms with Crippen LogP contribution >= 0.6 is 15.9 Å². The minimum atomic E-state index is -0.0121. The first-order valence-electron chi connectivity index (χ1n) is 2.19. The molecule has 0 aromatic carbocycles. The highest BCUT2D eigenvalue weighted by Crippen LogP contribution is 1.89. The second-order valence-corrected chi connectivity index (χ2v) is 2.02. The smallest absolute Gasteiger partial charge is 0.154 e. The molecule has 0 aliphatic heterocycles. The van der Waals surface area contributed by atoms with E-state index in [-0.39, 0.29) is 5.78 Å². The van der Waals surface area contributed by atoms with E-state index in [1.807, 2.05) is 0 Å². The SMILES string of the molecule is CC(=O)/C=C(\N)CBr. The molecule has 0 bridgehead atoms. The first-order valence-corrected chi connectivity index (χ1v) is 3.31. The van der Waals surface area contributed by atoms with Crippen molar-refractivity contribution in [1.29, 1.82) is 0 Å². The van der Waals surface area contributed by atoms with Gasteiger partial charge in [0.05, 0.1) is 0 Å². The number of halogens is 1. The Hall–Kier alpha value is -0.310. The third kappa shape index (κ3) is 3.87. The molecule has 2 N–H and O–H groups in total. The summed E-state index contributed by atoms with van der Waals surface area (Å²) in [6.45, 7) is 1.47. The molecule has 0 atom stereocenters. The van der Waals surface area contributed by atoms with Crippen LogP contribution in [-0.4, -0.2) is 11.1 Å². The molecule has 2 nitrogen and oxygen atoms in total. The third-order valence-electron chi connectivity index (χ3n) is 0.543. The number of ketones is 1. The topological polar surface area (TPSA) is 43.1 Å². The Kier molecular flexibility index (Phi) is 3.52. The van der Waals surface area contributed by atoms with E-state index in [9.17, 15) is 4.79 Å². The number of hydrogen-bond acceptors (Lipinski definition) is 2. The molecule has 0 saturated heterocycles. The van der Waals surface area contributed by atoms with Crippen molar-refractivity contribution in [1.82, 2.24) is 0 Å². The molecule has 0 aliphatic rings. The van der Waals surface area contributed by atoms with Crippen molar-refractivity contribution >= 4 is 21.7 Å². The summed E-state index contributed by atoms with van der Waals surface area (Å²) in [7, 11) is 0. The molecule has 0 aromatic rings. The van der Waals surface area contributed by atoms with Crippen LogP contribution < -0.4 is 5.73 Å². The van der Waals surface area contributed by atoms with Crippen LogP contribution in [0, 0.1) is 0 Å². The van der Waals surface area contributed by atoms with E-state index >= 15 is 0 Å². The predicted octanol–water partition coefficient (Wildman–Crippen LogP) is 0.813. The van der Waals surface area contributed by atoms with E-state index < -0.39 is 0 Å². The number of rotatable bonds is 2. The van der Waals surface area contributed by atoms with E-state index in [4.69, 9.17) is 5.73 Å². The number of carbonyl (C=O) groups excluding carboxylic acids is 1. The zero-order valence-electron chi connectivity index (χ0n) is 4.65. The zero-order chi connectivity index (χ0) is 6.57. The van der Waals surface area contributed by atoms with Gasteiger partial charge in [0.1, 0.15) is 0 Å². The quantitative estimate of drug-likeness (QED) is 0.502. The summed E-state index contributed by atoms with van der Waals surface area (Å²) in [4.78, 5) is 10.2. The summed E-state index contributed by atoms with van der Waals surface area (Å²) in [6, 6.07) is 0. The van der Waals surface area contributed by atoms with Crippen molar-refractivity contribution in [2.45, 2.75) is 6.92 Å². The highest BCUT2D eigenvalue weighted by molar-refractivity contribution is 9.09. The lowest BCUT2D eigenvalue weighted by atomic mass is 10.3. The normalized spacial score (nSPS) is 11.5. The van der Waals surface area contributed by atoms with Gasteiger partial charge in [-0.25, -0.2) is 0 Å². The lowest BCUT2D eigenvalue weighted by Crippen LogP contribution is -2.00. The van der Waals surface area contributed by atoms with Crippen molar-refractivity contribution < 1.29 is 4.79 Å². The Bertz CT molecular complexity index is 120. The standard InChI is InChI=1S/C5H8BrNO/c1-4(8)2-5(7)3-6/h2H,3,7H2,1H3/b5-2-. The molecule has 0 rings (SSSR count). The lowest BCUT2D eigenvalue weighted by molar-refractivity contribution is -0.112. The largest absolute Gasteiger partial charge is 0.401 e. The van der Waals surface area contributed by atoms with Gasteiger partial charge in [-0.2, -0.15) is 0 Å². The fourth-order valence-electron chi connectivity index (χ4n) is 0.300.